The van der Waals surface area contributed by atoms with Crippen molar-refractivity contribution in [1.29, 1.82) is 0 Å². The second-order valence-corrected chi connectivity index (χ2v) is 7.83. The van der Waals surface area contributed by atoms with E-state index in [1.165, 1.54) is 11.3 Å². The minimum Gasteiger partial charge on any atom is -0.331 e. The number of aryl methyl sites for hydroxylation is 2. The predicted molar refractivity (Wildman–Crippen MR) is 110 cm³/mol. The average Bonchev–Trinajstić information content (AvgIpc) is 3.40. The second kappa shape index (κ2) is 6.42. The first-order valence-corrected chi connectivity index (χ1v) is 9.81. The molecule has 0 bridgehead atoms. The monoisotopic (exact) mass is 390 g/mol. The van der Waals surface area contributed by atoms with Gasteiger partial charge in [-0.25, -0.2) is 9.97 Å². The van der Waals surface area contributed by atoms with Crippen LogP contribution >= 0.6 is 11.3 Å². The molecule has 0 fully saturated rings. The highest BCUT2D eigenvalue weighted by atomic mass is 32.1. The number of aromatic nitrogens is 6. The van der Waals surface area contributed by atoms with Gasteiger partial charge in [-0.3, -0.25) is 9.48 Å². The lowest BCUT2D eigenvalue weighted by Gasteiger charge is -2.14. The van der Waals surface area contributed by atoms with Crippen LogP contribution in [0.4, 0.5) is 0 Å². The van der Waals surface area contributed by atoms with E-state index in [4.69, 9.17) is 4.98 Å². The normalized spacial score (nSPS) is 16.3. The lowest BCUT2D eigenvalue weighted by molar-refractivity contribution is 0.770. The van der Waals surface area contributed by atoms with Gasteiger partial charge in [0.05, 0.1) is 10.3 Å². The fourth-order valence-corrected chi connectivity index (χ4v) is 4.82. The van der Waals surface area contributed by atoms with E-state index in [1.54, 1.807) is 10.9 Å². The van der Waals surface area contributed by atoms with Crippen LogP contribution in [-0.2, 0) is 14.1 Å². The number of fused-ring (bicyclic) bond motifs is 1. The van der Waals surface area contributed by atoms with E-state index in [0.29, 0.717) is 21.9 Å². The molecule has 1 aliphatic carbocycles. The zero-order chi connectivity index (χ0) is 19.3. The first-order chi connectivity index (χ1) is 13.6. The minimum atomic E-state index is -0.139. The maximum Gasteiger partial charge on any atom is 0.260 e. The molecule has 4 aromatic heterocycles. The number of thiophene rings is 1. The van der Waals surface area contributed by atoms with E-state index in [1.807, 2.05) is 49.3 Å². The van der Waals surface area contributed by atoms with Crippen LogP contribution in [0.2, 0.25) is 0 Å². The van der Waals surface area contributed by atoms with Gasteiger partial charge in [-0.05, 0) is 18.1 Å². The van der Waals surface area contributed by atoms with Crippen molar-refractivity contribution in [3.05, 3.63) is 64.9 Å². The van der Waals surface area contributed by atoms with Crippen LogP contribution in [-0.4, -0.2) is 29.3 Å². The highest BCUT2D eigenvalue weighted by Gasteiger charge is 2.25. The Bertz CT molecular complexity index is 1300. The first kappa shape index (κ1) is 16.9. The smallest absolute Gasteiger partial charge is 0.260 e. The first-order valence-electron chi connectivity index (χ1n) is 8.99. The summed E-state index contributed by atoms with van der Waals surface area (Å²) in [4.78, 5) is 26.8. The summed E-state index contributed by atoms with van der Waals surface area (Å²) in [5, 5.41) is 5.22. The Balaban J connectivity index is 1.79. The van der Waals surface area contributed by atoms with E-state index in [2.05, 4.69) is 27.2 Å². The molecule has 1 aliphatic rings. The van der Waals surface area contributed by atoms with Gasteiger partial charge in [0.2, 0.25) is 0 Å². The van der Waals surface area contributed by atoms with Crippen molar-refractivity contribution in [3.8, 4) is 22.2 Å². The number of hydrogen-bond donors (Lipinski definition) is 1. The summed E-state index contributed by atoms with van der Waals surface area (Å²) in [6.07, 6.45) is 14.6. The highest BCUT2D eigenvalue weighted by Crippen LogP contribution is 2.42. The van der Waals surface area contributed by atoms with E-state index in [0.717, 1.165) is 22.6 Å². The number of nitrogens with zero attached hydrogens (tertiary/aromatic N) is 5. The van der Waals surface area contributed by atoms with E-state index in [-0.39, 0.29) is 11.5 Å². The summed E-state index contributed by atoms with van der Waals surface area (Å²) in [5.41, 5.74) is 1.72. The van der Waals surface area contributed by atoms with Crippen molar-refractivity contribution in [2.75, 3.05) is 0 Å². The fourth-order valence-electron chi connectivity index (χ4n) is 3.60. The predicted octanol–water partition coefficient (Wildman–Crippen LogP) is 3.39. The van der Waals surface area contributed by atoms with Crippen molar-refractivity contribution < 1.29 is 0 Å². The summed E-state index contributed by atoms with van der Waals surface area (Å²) >= 11 is 1.51. The molecule has 0 aliphatic heterocycles. The number of aromatic amines is 1. The maximum absolute atomic E-state index is 13.1. The van der Waals surface area contributed by atoms with Gasteiger partial charge in [0.15, 0.2) is 11.6 Å². The molecule has 0 aromatic carbocycles. The van der Waals surface area contributed by atoms with Gasteiger partial charge in [-0.15, -0.1) is 11.3 Å². The van der Waals surface area contributed by atoms with Gasteiger partial charge in [-0.2, -0.15) is 5.10 Å². The van der Waals surface area contributed by atoms with Crippen molar-refractivity contribution in [3.63, 3.8) is 0 Å². The van der Waals surface area contributed by atoms with Gasteiger partial charge >= 0.3 is 0 Å². The number of imidazole rings is 1. The fraction of sp³-hybridized carbons (Fsp3) is 0.200. The molecule has 8 heteroatoms. The van der Waals surface area contributed by atoms with Gasteiger partial charge in [0.1, 0.15) is 10.5 Å². The largest absolute Gasteiger partial charge is 0.331 e. The lowest BCUT2D eigenvalue weighted by Crippen LogP contribution is -2.12. The van der Waals surface area contributed by atoms with Crippen molar-refractivity contribution >= 4 is 21.6 Å². The molecule has 1 N–H and O–H groups in total. The highest BCUT2D eigenvalue weighted by molar-refractivity contribution is 7.22. The number of H-pyrrole nitrogens is 1. The molecule has 5 rings (SSSR count). The van der Waals surface area contributed by atoms with E-state index in [9.17, 15) is 4.79 Å². The van der Waals surface area contributed by atoms with Gasteiger partial charge in [0.25, 0.3) is 5.56 Å². The summed E-state index contributed by atoms with van der Waals surface area (Å²) in [7, 11) is 3.77. The zero-order valence-corrected chi connectivity index (χ0v) is 16.3. The van der Waals surface area contributed by atoms with Gasteiger partial charge in [-0.1, -0.05) is 24.3 Å². The van der Waals surface area contributed by atoms with Crippen LogP contribution < -0.4 is 5.56 Å². The SMILES string of the molecule is Cn1ccc(-c2sc3nc(-c4nccn4C)[nH]c(=O)c3c2C2C=CC=CC2)n1. The molecule has 0 radical (unpaired) electrons. The molecular weight excluding hydrogens is 372 g/mol. The van der Waals surface area contributed by atoms with Gasteiger partial charge in [0, 0.05) is 38.6 Å². The molecule has 140 valence electrons. The number of nitrogens with one attached hydrogen (secondary N) is 1. The topological polar surface area (TPSA) is 81.4 Å². The Labute approximate surface area is 164 Å². The Morgan fingerprint density at radius 3 is 2.82 bits per heavy atom. The third-order valence-electron chi connectivity index (χ3n) is 4.93. The second-order valence-electron chi connectivity index (χ2n) is 6.83. The summed E-state index contributed by atoms with van der Waals surface area (Å²) < 4.78 is 3.62. The summed E-state index contributed by atoms with van der Waals surface area (Å²) in [6, 6.07) is 1.98. The molecule has 0 saturated heterocycles. The average molecular weight is 390 g/mol. The zero-order valence-electron chi connectivity index (χ0n) is 15.5. The van der Waals surface area contributed by atoms with Crippen LogP contribution in [0.15, 0.2) is 53.8 Å². The summed E-state index contributed by atoms with van der Waals surface area (Å²) in [6.45, 7) is 0. The quantitative estimate of drug-likeness (QED) is 0.581. The standard InChI is InChI=1S/C20H18N6OS/c1-25-11-9-21-18(25)17-22-19(27)15-14(12-6-4-3-5-7-12)16(28-20(15)23-17)13-8-10-26(2)24-13/h3-6,8-12H,7H2,1-2H3,(H,22,23,27). The molecule has 0 saturated carbocycles. The number of rotatable bonds is 3. The van der Waals surface area contributed by atoms with Crippen LogP contribution in [0, 0.1) is 0 Å². The molecule has 28 heavy (non-hydrogen) atoms. The van der Waals surface area contributed by atoms with Crippen molar-refractivity contribution in [2.45, 2.75) is 12.3 Å². The van der Waals surface area contributed by atoms with Crippen LogP contribution in [0.1, 0.15) is 17.9 Å². The lowest BCUT2D eigenvalue weighted by atomic mass is 9.90. The van der Waals surface area contributed by atoms with Crippen LogP contribution in [0.25, 0.3) is 32.4 Å². The third kappa shape index (κ3) is 2.65. The van der Waals surface area contributed by atoms with Gasteiger partial charge < -0.3 is 9.55 Å². The molecule has 0 spiro atoms. The summed E-state index contributed by atoms with van der Waals surface area (Å²) in [5.74, 6) is 1.23. The van der Waals surface area contributed by atoms with Crippen LogP contribution in [0.5, 0.6) is 0 Å². The molecule has 0 amide bonds. The molecule has 1 unspecified atom stereocenters. The Morgan fingerprint density at radius 1 is 1.25 bits per heavy atom. The number of allylic oxidation sites excluding steroid dienone is 4. The number of hydrogen-bond acceptors (Lipinski definition) is 5. The Kier molecular flexibility index (Phi) is 3.87. The minimum absolute atomic E-state index is 0.123. The van der Waals surface area contributed by atoms with Crippen molar-refractivity contribution in [2.24, 2.45) is 14.1 Å². The molecule has 1 atom stereocenters. The maximum atomic E-state index is 13.1. The molecule has 4 aromatic rings. The Hall–Kier alpha value is -3.26. The molecular formula is C20H18N6OS. The molecule has 7 nitrogen and oxygen atoms in total. The van der Waals surface area contributed by atoms with Crippen molar-refractivity contribution in [1.82, 2.24) is 29.3 Å². The van der Waals surface area contributed by atoms with Crippen LogP contribution in [0.3, 0.4) is 0 Å². The Morgan fingerprint density at radius 2 is 2.14 bits per heavy atom. The van der Waals surface area contributed by atoms with E-state index >= 15 is 0 Å². The van der Waals surface area contributed by atoms with E-state index < -0.39 is 0 Å². The molecule has 4 heterocycles. The third-order valence-corrected chi connectivity index (χ3v) is 6.05.